The highest BCUT2D eigenvalue weighted by Crippen LogP contribution is 2.21. The second kappa shape index (κ2) is 6.09. The number of hydrogen-bond donors (Lipinski definition) is 0. The van der Waals surface area contributed by atoms with Crippen molar-refractivity contribution in [3.63, 3.8) is 0 Å². The molecule has 20 heavy (non-hydrogen) atoms. The van der Waals surface area contributed by atoms with Gasteiger partial charge in [-0.1, -0.05) is 37.7 Å². The standard InChI is InChI=1S/C14H16N2O3S/c1-9(2)20-14-15-11-7-5-4-6-10(11)13(18)16(14)8-12(17)19-3/h4-7,9H,8H2,1-3H3. The van der Waals surface area contributed by atoms with Gasteiger partial charge in [0.05, 0.1) is 18.0 Å². The number of para-hydroxylation sites is 1. The van der Waals surface area contributed by atoms with Crippen LogP contribution in [0.25, 0.3) is 10.9 Å². The smallest absolute Gasteiger partial charge is 0.325 e. The molecule has 106 valence electrons. The summed E-state index contributed by atoms with van der Waals surface area (Å²) in [6, 6.07) is 7.12. The first-order valence-electron chi connectivity index (χ1n) is 6.26. The summed E-state index contributed by atoms with van der Waals surface area (Å²) in [6.07, 6.45) is 0. The summed E-state index contributed by atoms with van der Waals surface area (Å²) in [7, 11) is 1.30. The molecule has 0 aliphatic carbocycles. The fraction of sp³-hybridized carbons (Fsp3) is 0.357. The first-order chi connectivity index (χ1) is 9.52. The molecule has 0 radical (unpaired) electrons. The Morgan fingerprint density at radius 2 is 2.10 bits per heavy atom. The number of ether oxygens (including phenoxy) is 1. The molecule has 5 nitrogen and oxygen atoms in total. The van der Waals surface area contributed by atoms with Crippen LogP contribution < -0.4 is 5.56 Å². The molecule has 6 heteroatoms. The molecule has 0 spiro atoms. The zero-order chi connectivity index (χ0) is 14.7. The third-order valence-corrected chi connectivity index (χ3v) is 3.68. The van der Waals surface area contributed by atoms with Crippen molar-refractivity contribution >= 4 is 28.6 Å². The summed E-state index contributed by atoms with van der Waals surface area (Å²) in [5.74, 6) is -0.463. The van der Waals surface area contributed by atoms with Crippen LogP contribution in [0.15, 0.2) is 34.2 Å². The minimum atomic E-state index is -0.463. The van der Waals surface area contributed by atoms with Crippen molar-refractivity contribution in [3.8, 4) is 0 Å². The number of hydrogen-bond acceptors (Lipinski definition) is 5. The SMILES string of the molecule is COC(=O)Cn1c(SC(C)C)nc2ccccc2c1=O. The zero-order valence-corrected chi connectivity index (χ0v) is 12.4. The number of nitrogens with zero attached hydrogens (tertiary/aromatic N) is 2. The minimum absolute atomic E-state index is 0.123. The van der Waals surface area contributed by atoms with E-state index in [9.17, 15) is 9.59 Å². The molecule has 0 unspecified atom stereocenters. The number of methoxy groups -OCH3 is 1. The van der Waals surface area contributed by atoms with Crippen LogP contribution in [-0.4, -0.2) is 27.9 Å². The van der Waals surface area contributed by atoms with Gasteiger partial charge in [-0.2, -0.15) is 0 Å². The average molecular weight is 292 g/mol. The zero-order valence-electron chi connectivity index (χ0n) is 11.6. The lowest BCUT2D eigenvalue weighted by Crippen LogP contribution is -2.27. The van der Waals surface area contributed by atoms with Crippen LogP contribution in [0.4, 0.5) is 0 Å². The van der Waals surface area contributed by atoms with Gasteiger partial charge < -0.3 is 4.74 Å². The van der Waals surface area contributed by atoms with E-state index >= 15 is 0 Å². The van der Waals surface area contributed by atoms with Crippen LogP contribution in [0, 0.1) is 0 Å². The molecule has 0 amide bonds. The van der Waals surface area contributed by atoms with E-state index in [1.54, 1.807) is 18.2 Å². The van der Waals surface area contributed by atoms with Crippen LogP contribution >= 0.6 is 11.8 Å². The van der Waals surface area contributed by atoms with Gasteiger partial charge in [-0.3, -0.25) is 14.2 Å². The van der Waals surface area contributed by atoms with Crippen molar-refractivity contribution in [2.75, 3.05) is 7.11 Å². The van der Waals surface area contributed by atoms with Crippen molar-refractivity contribution in [2.45, 2.75) is 30.8 Å². The molecular formula is C14H16N2O3S. The first kappa shape index (κ1) is 14.6. The molecule has 0 saturated heterocycles. The number of rotatable bonds is 4. The predicted molar refractivity (Wildman–Crippen MR) is 79.0 cm³/mol. The average Bonchev–Trinajstić information content (AvgIpc) is 2.42. The molecule has 0 bridgehead atoms. The van der Waals surface area contributed by atoms with Crippen LogP contribution in [0.5, 0.6) is 0 Å². The van der Waals surface area contributed by atoms with E-state index in [0.29, 0.717) is 16.1 Å². The Kier molecular flexibility index (Phi) is 4.44. The van der Waals surface area contributed by atoms with E-state index in [-0.39, 0.29) is 17.4 Å². The van der Waals surface area contributed by atoms with E-state index in [2.05, 4.69) is 9.72 Å². The molecular weight excluding hydrogens is 276 g/mol. The Hall–Kier alpha value is -1.82. The highest BCUT2D eigenvalue weighted by atomic mass is 32.2. The van der Waals surface area contributed by atoms with Crippen molar-refractivity contribution in [1.82, 2.24) is 9.55 Å². The van der Waals surface area contributed by atoms with Gasteiger partial charge in [0, 0.05) is 5.25 Å². The second-order valence-electron chi connectivity index (χ2n) is 4.55. The maximum Gasteiger partial charge on any atom is 0.325 e. The Labute approximate surface area is 121 Å². The summed E-state index contributed by atoms with van der Waals surface area (Å²) in [4.78, 5) is 28.5. The van der Waals surface area contributed by atoms with E-state index in [1.165, 1.54) is 23.4 Å². The summed E-state index contributed by atoms with van der Waals surface area (Å²) in [6.45, 7) is 3.89. The van der Waals surface area contributed by atoms with Gasteiger partial charge in [-0.25, -0.2) is 4.98 Å². The van der Waals surface area contributed by atoms with Gasteiger partial charge in [-0.15, -0.1) is 0 Å². The maximum atomic E-state index is 12.5. The van der Waals surface area contributed by atoms with E-state index in [4.69, 9.17) is 0 Å². The largest absolute Gasteiger partial charge is 0.468 e. The number of carbonyl (C=O) groups excluding carboxylic acids is 1. The van der Waals surface area contributed by atoms with Crippen LogP contribution in [0.2, 0.25) is 0 Å². The topological polar surface area (TPSA) is 61.2 Å². The van der Waals surface area contributed by atoms with E-state index in [1.807, 2.05) is 19.9 Å². The van der Waals surface area contributed by atoms with Crippen LogP contribution in [-0.2, 0) is 16.1 Å². The first-order valence-corrected chi connectivity index (χ1v) is 7.14. The molecule has 1 aromatic heterocycles. The summed E-state index contributed by atoms with van der Waals surface area (Å²) < 4.78 is 6.02. The highest BCUT2D eigenvalue weighted by molar-refractivity contribution is 7.99. The van der Waals surface area contributed by atoms with Gasteiger partial charge in [0.1, 0.15) is 6.54 Å². The molecule has 0 saturated carbocycles. The van der Waals surface area contributed by atoms with Gasteiger partial charge in [0.25, 0.3) is 5.56 Å². The number of esters is 1. The molecule has 0 fully saturated rings. The highest BCUT2D eigenvalue weighted by Gasteiger charge is 2.15. The molecule has 0 aliphatic rings. The van der Waals surface area contributed by atoms with Crippen molar-refractivity contribution < 1.29 is 9.53 Å². The van der Waals surface area contributed by atoms with Gasteiger partial charge in [-0.05, 0) is 12.1 Å². The Balaban J connectivity index is 2.63. The number of benzene rings is 1. The fourth-order valence-corrected chi connectivity index (χ4v) is 2.63. The van der Waals surface area contributed by atoms with Crippen molar-refractivity contribution in [3.05, 3.63) is 34.6 Å². The molecule has 2 aromatic rings. The number of carbonyl (C=O) groups is 1. The van der Waals surface area contributed by atoms with Crippen molar-refractivity contribution in [1.29, 1.82) is 0 Å². The van der Waals surface area contributed by atoms with E-state index < -0.39 is 5.97 Å². The monoisotopic (exact) mass is 292 g/mol. The molecule has 1 heterocycles. The lowest BCUT2D eigenvalue weighted by Gasteiger charge is -2.13. The normalized spacial score (nSPS) is 11.0. The fourth-order valence-electron chi connectivity index (χ4n) is 1.78. The Morgan fingerprint density at radius 3 is 2.75 bits per heavy atom. The Morgan fingerprint density at radius 1 is 1.40 bits per heavy atom. The molecule has 0 atom stereocenters. The molecule has 2 rings (SSSR count). The Bertz CT molecular complexity index is 694. The molecule has 0 N–H and O–H groups in total. The summed E-state index contributed by atoms with van der Waals surface area (Å²) in [5.41, 5.74) is 0.422. The number of aromatic nitrogens is 2. The van der Waals surface area contributed by atoms with Crippen LogP contribution in [0.3, 0.4) is 0 Å². The lowest BCUT2D eigenvalue weighted by molar-refractivity contribution is -0.141. The summed E-state index contributed by atoms with van der Waals surface area (Å²) >= 11 is 1.45. The quantitative estimate of drug-likeness (QED) is 0.490. The third kappa shape index (κ3) is 3.01. The maximum absolute atomic E-state index is 12.5. The van der Waals surface area contributed by atoms with Crippen LogP contribution in [0.1, 0.15) is 13.8 Å². The number of thioether (sulfide) groups is 1. The van der Waals surface area contributed by atoms with E-state index in [0.717, 1.165) is 0 Å². The minimum Gasteiger partial charge on any atom is -0.468 e. The van der Waals surface area contributed by atoms with Gasteiger partial charge >= 0.3 is 5.97 Å². The lowest BCUT2D eigenvalue weighted by atomic mass is 10.2. The second-order valence-corrected chi connectivity index (χ2v) is 6.09. The van der Waals surface area contributed by atoms with Gasteiger partial charge in [0.15, 0.2) is 5.16 Å². The molecule has 1 aromatic carbocycles. The third-order valence-electron chi connectivity index (χ3n) is 2.68. The van der Waals surface area contributed by atoms with Crippen molar-refractivity contribution in [2.24, 2.45) is 0 Å². The summed E-state index contributed by atoms with van der Waals surface area (Å²) in [5, 5.41) is 1.30. The molecule has 0 aliphatic heterocycles. The predicted octanol–water partition coefficient (Wildman–Crippen LogP) is 2.07. The van der Waals surface area contributed by atoms with Gasteiger partial charge in [0.2, 0.25) is 0 Å². The number of fused-ring (bicyclic) bond motifs is 1.